The number of methoxy groups -OCH3 is 2. The minimum absolute atomic E-state index is 0.0554. The third kappa shape index (κ3) is 5.14. The molecule has 27 heavy (non-hydrogen) atoms. The summed E-state index contributed by atoms with van der Waals surface area (Å²) in [4.78, 5) is 16.0. The Morgan fingerprint density at radius 3 is 2.41 bits per heavy atom. The van der Waals surface area contributed by atoms with Crippen LogP contribution in [0.1, 0.15) is 6.42 Å². The first-order chi connectivity index (χ1) is 13.2. The van der Waals surface area contributed by atoms with Crippen molar-refractivity contribution in [1.82, 2.24) is 0 Å². The summed E-state index contributed by atoms with van der Waals surface area (Å²) < 4.78 is 10.6. The maximum atomic E-state index is 12.2. The van der Waals surface area contributed by atoms with Gasteiger partial charge in [0, 0.05) is 5.69 Å². The van der Waals surface area contributed by atoms with E-state index in [9.17, 15) is 4.79 Å². The van der Waals surface area contributed by atoms with Crippen LogP contribution >= 0.6 is 0 Å². The zero-order chi connectivity index (χ0) is 19.1. The molecular weight excluding hydrogens is 342 g/mol. The number of amides is 1. The van der Waals surface area contributed by atoms with Crippen molar-refractivity contribution < 1.29 is 19.2 Å². The average Bonchev–Trinajstić information content (AvgIpc) is 2.73. The molecule has 2 aromatic rings. The number of carbonyl (C=O) groups is 1. The minimum Gasteiger partial charge on any atom is -0.497 e. The lowest BCUT2D eigenvalue weighted by Gasteiger charge is -2.34. The number of hydrogen-bond donors (Lipinski definition) is 2. The summed E-state index contributed by atoms with van der Waals surface area (Å²) in [5, 5.41) is 2.95. The number of quaternary nitrogens is 1. The molecule has 0 unspecified atom stereocenters. The first-order valence-corrected chi connectivity index (χ1v) is 9.35. The van der Waals surface area contributed by atoms with E-state index in [1.54, 1.807) is 14.2 Å². The van der Waals surface area contributed by atoms with Crippen LogP contribution in [-0.4, -0.2) is 52.9 Å². The van der Waals surface area contributed by atoms with Gasteiger partial charge in [-0.25, -0.2) is 0 Å². The summed E-state index contributed by atoms with van der Waals surface area (Å²) in [6.07, 6.45) is 0.524. The largest absolute Gasteiger partial charge is 0.497 e. The zero-order valence-corrected chi connectivity index (χ0v) is 16.0. The highest BCUT2D eigenvalue weighted by Crippen LogP contribution is 2.27. The first-order valence-electron chi connectivity index (χ1n) is 9.35. The Hall–Kier alpha value is -2.73. The molecule has 0 atom stereocenters. The lowest BCUT2D eigenvalue weighted by molar-refractivity contribution is -0.900. The molecule has 0 spiro atoms. The second-order valence-corrected chi connectivity index (χ2v) is 6.69. The van der Waals surface area contributed by atoms with Gasteiger partial charge in [0.25, 0.3) is 0 Å². The molecule has 1 fully saturated rings. The minimum atomic E-state index is 0.0554. The fourth-order valence-electron chi connectivity index (χ4n) is 3.39. The quantitative estimate of drug-likeness (QED) is 0.774. The van der Waals surface area contributed by atoms with Gasteiger partial charge in [0.2, 0.25) is 5.91 Å². The SMILES string of the molecule is COc1ccc(NC(=O)CC[NH+]2CCN(c3ccccc3OC)CC2)cc1. The number of para-hydroxylation sites is 2. The zero-order valence-electron chi connectivity index (χ0n) is 16.0. The van der Waals surface area contributed by atoms with Gasteiger partial charge in [-0.2, -0.15) is 0 Å². The van der Waals surface area contributed by atoms with Crippen LogP contribution in [0.25, 0.3) is 0 Å². The second-order valence-electron chi connectivity index (χ2n) is 6.69. The van der Waals surface area contributed by atoms with Crippen molar-refractivity contribution in [3.63, 3.8) is 0 Å². The molecule has 6 heteroatoms. The standard InChI is InChI=1S/C21H27N3O3/c1-26-18-9-7-17(8-10-18)22-21(25)11-12-23-13-15-24(16-14-23)19-5-3-4-6-20(19)27-2/h3-10H,11-16H2,1-2H3,(H,22,25)/p+1. The molecule has 6 nitrogen and oxygen atoms in total. The molecule has 2 N–H and O–H groups in total. The van der Waals surface area contributed by atoms with E-state index >= 15 is 0 Å². The number of anilines is 2. The Labute approximate surface area is 160 Å². The second kappa shape index (κ2) is 9.28. The fourth-order valence-corrected chi connectivity index (χ4v) is 3.39. The lowest BCUT2D eigenvalue weighted by atomic mass is 10.2. The predicted molar refractivity (Wildman–Crippen MR) is 107 cm³/mol. The summed E-state index contributed by atoms with van der Waals surface area (Å²) in [5.41, 5.74) is 1.95. The van der Waals surface area contributed by atoms with Gasteiger partial charge < -0.3 is 24.6 Å². The third-order valence-corrected chi connectivity index (χ3v) is 4.98. The Bertz CT molecular complexity index is 741. The summed E-state index contributed by atoms with van der Waals surface area (Å²) in [6, 6.07) is 15.5. The molecule has 0 saturated carbocycles. The molecule has 1 saturated heterocycles. The van der Waals surface area contributed by atoms with Crippen LogP contribution in [0.4, 0.5) is 11.4 Å². The van der Waals surface area contributed by atoms with Gasteiger partial charge in [-0.3, -0.25) is 4.79 Å². The first kappa shape index (κ1) is 19.0. The topological polar surface area (TPSA) is 55.2 Å². The van der Waals surface area contributed by atoms with E-state index in [-0.39, 0.29) is 5.91 Å². The Balaban J connectivity index is 1.43. The van der Waals surface area contributed by atoms with Crippen molar-refractivity contribution in [2.75, 3.05) is 57.2 Å². The van der Waals surface area contributed by atoms with Crippen molar-refractivity contribution >= 4 is 17.3 Å². The number of nitrogens with one attached hydrogen (secondary N) is 2. The van der Waals surface area contributed by atoms with Crippen molar-refractivity contribution in [2.24, 2.45) is 0 Å². The number of piperazine rings is 1. The smallest absolute Gasteiger partial charge is 0.230 e. The molecule has 0 radical (unpaired) electrons. The molecule has 1 heterocycles. The van der Waals surface area contributed by atoms with Gasteiger partial charge in [-0.15, -0.1) is 0 Å². The molecule has 1 aliphatic rings. The normalized spacial score (nSPS) is 14.7. The van der Waals surface area contributed by atoms with Crippen LogP contribution in [0.15, 0.2) is 48.5 Å². The molecule has 144 valence electrons. The van der Waals surface area contributed by atoms with E-state index in [0.717, 1.165) is 55.6 Å². The van der Waals surface area contributed by atoms with E-state index in [2.05, 4.69) is 16.3 Å². The number of carbonyl (C=O) groups excluding carboxylic acids is 1. The van der Waals surface area contributed by atoms with Gasteiger partial charge in [0.15, 0.2) is 0 Å². The van der Waals surface area contributed by atoms with E-state index in [1.165, 1.54) is 4.90 Å². The maximum absolute atomic E-state index is 12.2. The number of ether oxygens (including phenoxy) is 2. The monoisotopic (exact) mass is 370 g/mol. The number of benzene rings is 2. The van der Waals surface area contributed by atoms with Crippen LogP contribution in [0.5, 0.6) is 11.5 Å². The Morgan fingerprint density at radius 2 is 1.74 bits per heavy atom. The van der Waals surface area contributed by atoms with Crippen molar-refractivity contribution in [2.45, 2.75) is 6.42 Å². The molecule has 0 aromatic heterocycles. The Morgan fingerprint density at radius 1 is 1.04 bits per heavy atom. The number of nitrogens with zero attached hydrogens (tertiary/aromatic N) is 1. The molecular formula is C21H28N3O3+. The van der Waals surface area contributed by atoms with E-state index in [1.807, 2.05) is 42.5 Å². The van der Waals surface area contributed by atoms with Crippen molar-refractivity contribution in [3.8, 4) is 11.5 Å². The van der Waals surface area contributed by atoms with Crippen LogP contribution in [-0.2, 0) is 4.79 Å². The molecule has 3 rings (SSSR count). The fraction of sp³-hybridized carbons (Fsp3) is 0.381. The van der Waals surface area contributed by atoms with E-state index in [0.29, 0.717) is 6.42 Å². The van der Waals surface area contributed by atoms with Crippen LogP contribution < -0.4 is 24.6 Å². The van der Waals surface area contributed by atoms with Crippen molar-refractivity contribution in [1.29, 1.82) is 0 Å². The van der Waals surface area contributed by atoms with E-state index in [4.69, 9.17) is 9.47 Å². The highest BCUT2D eigenvalue weighted by atomic mass is 16.5. The average molecular weight is 370 g/mol. The number of rotatable bonds is 7. The van der Waals surface area contributed by atoms with Crippen LogP contribution in [0, 0.1) is 0 Å². The third-order valence-electron chi connectivity index (χ3n) is 4.98. The Kier molecular flexibility index (Phi) is 6.54. The molecule has 0 aliphatic carbocycles. The highest BCUT2D eigenvalue weighted by Gasteiger charge is 2.22. The molecule has 2 aromatic carbocycles. The van der Waals surface area contributed by atoms with Gasteiger partial charge >= 0.3 is 0 Å². The lowest BCUT2D eigenvalue weighted by Crippen LogP contribution is -3.15. The van der Waals surface area contributed by atoms with Gasteiger partial charge in [0.05, 0.1) is 59.1 Å². The van der Waals surface area contributed by atoms with E-state index < -0.39 is 0 Å². The van der Waals surface area contributed by atoms with Crippen LogP contribution in [0.3, 0.4) is 0 Å². The predicted octanol–water partition coefficient (Wildman–Crippen LogP) is 1.44. The molecule has 0 bridgehead atoms. The summed E-state index contributed by atoms with van der Waals surface area (Å²) >= 11 is 0. The molecule has 1 amide bonds. The molecule has 1 aliphatic heterocycles. The van der Waals surface area contributed by atoms with Gasteiger partial charge in [0.1, 0.15) is 11.5 Å². The summed E-state index contributed by atoms with van der Waals surface area (Å²) in [7, 11) is 3.34. The van der Waals surface area contributed by atoms with Gasteiger partial charge in [-0.05, 0) is 36.4 Å². The van der Waals surface area contributed by atoms with Gasteiger partial charge in [-0.1, -0.05) is 12.1 Å². The van der Waals surface area contributed by atoms with Crippen molar-refractivity contribution in [3.05, 3.63) is 48.5 Å². The highest BCUT2D eigenvalue weighted by molar-refractivity contribution is 5.90. The number of hydrogen-bond acceptors (Lipinski definition) is 4. The summed E-state index contributed by atoms with van der Waals surface area (Å²) in [6.45, 7) is 4.83. The maximum Gasteiger partial charge on any atom is 0.230 e. The summed E-state index contributed by atoms with van der Waals surface area (Å²) in [5.74, 6) is 1.75. The van der Waals surface area contributed by atoms with Crippen LogP contribution in [0.2, 0.25) is 0 Å².